The Hall–Kier alpha value is -13.6. The molecule has 54 nitrogen and oxygen atoms in total. The summed E-state index contributed by atoms with van der Waals surface area (Å²) < 4.78 is 0. The van der Waals surface area contributed by atoms with Gasteiger partial charge in [0.25, 0.3) is 0 Å². The average Bonchev–Trinajstić information content (AvgIpc) is 0.855. The van der Waals surface area contributed by atoms with Crippen molar-refractivity contribution < 1.29 is 127 Å². The maximum atomic E-state index is 15.0. The first kappa shape index (κ1) is 121. The molecule has 0 saturated heterocycles. The maximum Gasteiger partial charge on any atom is 0.326 e. The molecule has 0 radical (unpaired) electrons. The highest BCUT2D eigenvalue weighted by Gasteiger charge is 2.40. The molecule has 0 aromatic heterocycles. The minimum Gasteiger partial charge on any atom is -0.481 e. The Morgan fingerprint density at radius 1 is 0.274 bits per heavy atom. The van der Waals surface area contributed by atoms with E-state index in [9.17, 15) is 127 Å². The fourth-order valence-corrected chi connectivity index (χ4v) is 13.1. The van der Waals surface area contributed by atoms with Gasteiger partial charge in [-0.05, 0) is 146 Å². The van der Waals surface area contributed by atoms with E-state index in [0.717, 1.165) is 0 Å². The molecule has 54 heteroatoms. The summed E-state index contributed by atoms with van der Waals surface area (Å²) in [5, 5.41) is 133. The van der Waals surface area contributed by atoms with Crippen LogP contribution in [0.1, 0.15) is 216 Å². The summed E-state index contributed by atoms with van der Waals surface area (Å²) in [5.41, 5.74) is 33.3. The first-order valence-electron chi connectivity index (χ1n) is 44.5. The van der Waals surface area contributed by atoms with Crippen LogP contribution in [-0.4, -0.2) is 296 Å². The Bertz CT molecular complexity index is 4030. The van der Waals surface area contributed by atoms with Crippen LogP contribution < -0.4 is 130 Å². The summed E-state index contributed by atoms with van der Waals surface area (Å²) in [7, 11) is 0. The van der Waals surface area contributed by atoms with Crippen molar-refractivity contribution in [3.8, 4) is 0 Å². The normalized spacial score (nSPS) is 14.8. The summed E-state index contributed by atoms with van der Waals surface area (Å²) >= 11 is 0. The van der Waals surface area contributed by atoms with Gasteiger partial charge in [-0.3, -0.25) is 113 Å². The number of carboxylic acids is 6. The summed E-state index contributed by atoms with van der Waals surface area (Å²) in [4.78, 5) is 272. The smallest absolute Gasteiger partial charge is 0.326 e. The van der Waals surface area contributed by atoms with E-state index in [0.29, 0.717) is 19.3 Å². The third-order valence-electron chi connectivity index (χ3n) is 20.9. The average molecular weight is 1930 g/mol. The predicted molar refractivity (Wildman–Crippen MR) is 485 cm³/mol. The van der Waals surface area contributed by atoms with Crippen molar-refractivity contribution in [2.45, 2.75) is 307 Å². The Morgan fingerprint density at radius 3 is 0.756 bits per heavy atom. The fraction of sp³-hybridized carbons (Fsp3) is 0.704. The number of unbranched alkanes of at least 4 members (excludes halogenated alkanes) is 1. The van der Waals surface area contributed by atoms with E-state index in [-0.39, 0.29) is 110 Å². The molecule has 0 saturated carbocycles. The van der Waals surface area contributed by atoms with E-state index in [1.807, 2.05) is 0 Å². The molecule has 0 spiro atoms. The molecule has 0 aromatic carbocycles. The molecule has 0 aliphatic carbocycles. The topological polar surface area (TPSA) is 931 Å². The van der Waals surface area contributed by atoms with Crippen molar-refractivity contribution in [1.82, 2.24) is 95.7 Å². The minimum absolute atomic E-state index is 0.00826. The molecular weight excluding hydrogens is 1780 g/mol. The van der Waals surface area contributed by atoms with Gasteiger partial charge in [-0.15, -0.1) is 0 Å². The maximum absolute atomic E-state index is 15.0. The number of hydrogen-bond acceptors (Lipinski definition) is 26. The monoisotopic (exact) mass is 1930 g/mol. The lowest BCUT2D eigenvalue weighted by Crippen LogP contribution is -2.61. The number of guanidine groups is 4. The van der Waals surface area contributed by atoms with Crippen LogP contribution in [0, 0.1) is 45.3 Å². The number of nitrogens with one attached hydrogen (secondary N) is 22. The lowest BCUT2D eigenvalue weighted by Gasteiger charge is -2.30. The molecule has 764 valence electrons. The standard InChI is InChI=1S/C81H144N28O26/c1-10-41(7)61(108-72(129)48(22-17-35-95-81(90)91)100-66(123)45(19-14-32-92-78(84)85)99-68(125)51(25-29-58(114)115)103-74(131)55(37-40(5)6)106-69(126)50(24-28-57(112)113)98-64(121)44(83)38-60(118)119)75(132)104-46(20-15-33-93-79(86)87)67(124)101-52(26-30-59(116)117)70(127)107-54(36-39(3)4)73(130)102-49(23-27-56(110)111)65(122)96-43(9)63(120)97-47(21-16-34-94-80(88)89)71(128)109-62(42(8)11-2)76(133)105-53(77(134)135)18-12-13-31-82/h39-55,61-62H,10-38,82-83H2,1-9H3,(H,96,122)(H,97,120)(H,98,121)(H,99,125)(H,100,123)(H,101,124)(H,102,130)(H,103,131)(H,104,132)(H,105,133)(H,106,126)(H,107,127)(H,108,129)(H,109,128)(H,110,111)(H,112,113)(H,114,115)(H,116,117)(H,118,119)(H,134,135)(H4,84,85,92)(H4,86,87,93)(H4,88,89,94)(H4,90,91,95)/t41-,42-,43-,44-,45-,46-,47-,48-,49-,50-,51-,52-,53-,54-,55-,61-,62-/m0/s1. The van der Waals surface area contributed by atoms with Crippen molar-refractivity contribution in [2.24, 2.45) is 58.1 Å². The zero-order chi connectivity index (χ0) is 103. The van der Waals surface area contributed by atoms with E-state index >= 15 is 0 Å². The van der Waals surface area contributed by atoms with Crippen LogP contribution >= 0.6 is 0 Å². The quantitative estimate of drug-likeness (QED) is 0.0153. The highest BCUT2D eigenvalue weighted by Crippen LogP contribution is 2.18. The molecule has 0 fully saturated rings. The van der Waals surface area contributed by atoms with Crippen LogP contribution in [0.25, 0.3) is 0 Å². The van der Waals surface area contributed by atoms with Crippen LogP contribution in [0.4, 0.5) is 0 Å². The molecule has 0 aromatic rings. The summed E-state index contributed by atoms with van der Waals surface area (Å²) in [6.45, 7) is 13.9. The highest BCUT2D eigenvalue weighted by molar-refractivity contribution is 6.01. The molecule has 0 rings (SSSR count). The van der Waals surface area contributed by atoms with Gasteiger partial charge in [-0.2, -0.15) is 0 Å². The van der Waals surface area contributed by atoms with Crippen LogP contribution in [0.15, 0.2) is 0 Å². The van der Waals surface area contributed by atoms with Gasteiger partial charge in [0.05, 0.1) is 12.5 Å². The van der Waals surface area contributed by atoms with Crippen LogP contribution in [0.3, 0.4) is 0 Å². The van der Waals surface area contributed by atoms with E-state index in [1.54, 1.807) is 48.5 Å². The second-order valence-corrected chi connectivity index (χ2v) is 33.4. The second-order valence-electron chi connectivity index (χ2n) is 33.4. The molecule has 0 bridgehead atoms. The predicted octanol–water partition coefficient (Wildman–Crippen LogP) is -7.49. The number of nitrogens with two attached hydrogens (primary N) is 6. The van der Waals surface area contributed by atoms with E-state index < -0.39 is 314 Å². The molecule has 0 unspecified atom stereocenters. The van der Waals surface area contributed by atoms with Gasteiger partial charge in [0.2, 0.25) is 82.7 Å². The molecule has 0 aliphatic heterocycles. The minimum atomic E-state index is -1.89. The molecular formula is C81H144N28O26. The lowest BCUT2D eigenvalue weighted by atomic mass is 9.96. The molecule has 40 N–H and O–H groups in total. The zero-order valence-corrected chi connectivity index (χ0v) is 77.8. The Balaban J connectivity index is 7.80. The van der Waals surface area contributed by atoms with Crippen molar-refractivity contribution in [3.63, 3.8) is 0 Å². The molecule has 0 aliphatic rings. The summed E-state index contributed by atoms with van der Waals surface area (Å²) in [5.74, 6) is -28.6. The Morgan fingerprint density at radius 2 is 0.504 bits per heavy atom. The number of carbonyl (C=O) groups is 20. The zero-order valence-electron chi connectivity index (χ0n) is 77.8. The van der Waals surface area contributed by atoms with Crippen molar-refractivity contribution in [3.05, 3.63) is 0 Å². The number of amides is 14. The SMILES string of the molecule is CC[C@H](C)[C@H](NC(=O)[C@H](CCCNC(=N)N)NC(=O)[C@H](C)NC(=O)[C@H](CCC(=O)O)NC(=O)[C@H](CC(C)C)NC(=O)[C@H](CCC(=O)O)NC(=O)[C@H](CCCNC(=N)N)NC(=O)[C@@H](NC(=O)[C@H](CCCNC(=N)N)NC(=O)[C@H](CCCNC(=N)N)NC(=O)[C@H](CCC(=O)O)NC(=O)[C@H](CC(C)C)NC(=O)[C@H](CCC(=O)O)NC(=O)[C@@H](N)CC(=O)O)[C@@H](C)CC)C(=O)N[C@@H](CCCCN)C(=O)O. The molecule has 135 heavy (non-hydrogen) atoms. The van der Waals surface area contributed by atoms with E-state index in [4.69, 9.17) is 56.0 Å². The number of rotatable bonds is 71. The van der Waals surface area contributed by atoms with Gasteiger partial charge in [-0.1, -0.05) is 68.2 Å². The van der Waals surface area contributed by atoms with Gasteiger partial charge in [0.15, 0.2) is 23.8 Å². The highest BCUT2D eigenvalue weighted by atomic mass is 16.4. The first-order valence-corrected chi connectivity index (χ1v) is 44.5. The Labute approximate surface area is 781 Å². The third-order valence-corrected chi connectivity index (χ3v) is 20.9. The summed E-state index contributed by atoms with van der Waals surface area (Å²) in [6.07, 6.45) is -7.45. The number of carbonyl (C=O) groups excluding carboxylic acids is 14. The van der Waals surface area contributed by atoms with Crippen molar-refractivity contribution in [1.29, 1.82) is 21.6 Å². The van der Waals surface area contributed by atoms with Crippen molar-refractivity contribution in [2.75, 3.05) is 32.7 Å². The summed E-state index contributed by atoms with van der Waals surface area (Å²) in [6, 6.07) is -24.9. The van der Waals surface area contributed by atoms with Gasteiger partial charge < -0.3 is 161 Å². The second kappa shape index (κ2) is 65.1. The van der Waals surface area contributed by atoms with Crippen LogP contribution in [0.2, 0.25) is 0 Å². The van der Waals surface area contributed by atoms with E-state index in [2.05, 4.69) is 95.7 Å². The fourth-order valence-electron chi connectivity index (χ4n) is 13.1. The molecule has 17 atom stereocenters. The third kappa shape index (κ3) is 52.4. The van der Waals surface area contributed by atoms with Gasteiger partial charge in [0.1, 0.15) is 84.6 Å². The van der Waals surface area contributed by atoms with Crippen LogP contribution in [0.5, 0.6) is 0 Å². The molecule has 14 amide bonds. The number of carboxylic acid groups (broad SMARTS) is 6. The number of hydrogen-bond donors (Lipinski definition) is 34. The van der Waals surface area contributed by atoms with Crippen LogP contribution in [-0.2, 0) is 95.9 Å². The van der Waals surface area contributed by atoms with Gasteiger partial charge in [-0.25, -0.2) is 4.79 Å². The number of aliphatic carboxylic acids is 6. The van der Waals surface area contributed by atoms with Gasteiger partial charge in [0, 0.05) is 51.9 Å². The van der Waals surface area contributed by atoms with E-state index in [1.165, 1.54) is 13.8 Å². The molecule has 0 heterocycles. The van der Waals surface area contributed by atoms with Gasteiger partial charge >= 0.3 is 35.8 Å². The van der Waals surface area contributed by atoms with Crippen molar-refractivity contribution >= 4 is 142 Å². The Kier molecular flexibility index (Phi) is 58.5. The first-order chi connectivity index (χ1) is 63.2. The largest absolute Gasteiger partial charge is 0.481 e. The lowest BCUT2D eigenvalue weighted by molar-refractivity contribution is -0.143.